The molecule has 1 aromatic heterocycles. The zero-order chi connectivity index (χ0) is 39.7. The summed E-state index contributed by atoms with van der Waals surface area (Å²) in [5, 5.41) is 2.92. The van der Waals surface area contributed by atoms with Gasteiger partial charge in [-0.15, -0.1) is 4.57 Å². The van der Waals surface area contributed by atoms with Crippen molar-refractivity contribution in [1.82, 2.24) is 9.88 Å². The normalized spacial score (nSPS) is 13.0. The highest BCUT2D eigenvalue weighted by Gasteiger charge is 2.34. The number of ether oxygens (including phenoxy) is 2. The van der Waals surface area contributed by atoms with Gasteiger partial charge < -0.3 is 9.47 Å². The second-order valence-corrected chi connectivity index (χ2v) is 16.0. The van der Waals surface area contributed by atoms with Gasteiger partial charge in [-0.1, -0.05) is 43.2 Å². The summed E-state index contributed by atoms with van der Waals surface area (Å²) in [7, 11) is 0. The molecule has 0 spiro atoms. The second-order valence-electron chi connectivity index (χ2n) is 16.0. The number of hydrogen-bond donors (Lipinski definition) is 1. The monoisotopic (exact) mass is 744 g/mol. The van der Waals surface area contributed by atoms with E-state index in [1.54, 1.807) is 29.2 Å². The van der Waals surface area contributed by atoms with Crippen molar-refractivity contribution in [1.29, 1.82) is 0 Å². The van der Waals surface area contributed by atoms with Crippen LogP contribution in [-0.2, 0) is 9.47 Å². The SMILES string of the molecule is Cc1cc2nc3cc(C)c(N(CCCCCCN4C(=O)c5ccccc5C4=O)C(=O)OC(C)(C)C)cc3[n+](-c3ccccc3)c2cc1NC(=O)OC(C)(C)C. The molecule has 0 aliphatic carbocycles. The number of aryl methyl sites for hydroxylation is 2. The fourth-order valence-corrected chi connectivity index (χ4v) is 6.81. The Kier molecular flexibility index (Phi) is 10.9. The molecule has 286 valence electrons. The van der Waals surface area contributed by atoms with Gasteiger partial charge in [-0.3, -0.25) is 24.7 Å². The Morgan fingerprint density at radius 2 is 1.29 bits per heavy atom. The van der Waals surface area contributed by atoms with Crippen molar-refractivity contribution in [2.75, 3.05) is 23.3 Å². The maximum Gasteiger partial charge on any atom is 0.414 e. The number of rotatable bonds is 10. The molecule has 1 N–H and O–H groups in total. The second kappa shape index (κ2) is 15.5. The number of amides is 4. The largest absolute Gasteiger partial charge is 0.444 e. The minimum atomic E-state index is -0.719. The lowest BCUT2D eigenvalue weighted by Gasteiger charge is -2.28. The third-order valence-electron chi connectivity index (χ3n) is 9.28. The van der Waals surface area contributed by atoms with Crippen molar-refractivity contribution in [3.8, 4) is 5.69 Å². The smallest absolute Gasteiger partial charge is 0.414 e. The molecule has 5 aromatic rings. The Balaban J connectivity index is 1.31. The van der Waals surface area contributed by atoms with E-state index >= 15 is 0 Å². The molecular formula is C44H50N5O6+. The topological polar surface area (TPSA) is 122 Å². The van der Waals surface area contributed by atoms with Crippen LogP contribution in [0.4, 0.5) is 21.0 Å². The number of imide groups is 1. The highest BCUT2D eigenvalue weighted by atomic mass is 16.6. The van der Waals surface area contributed by atoms with Gasteiger partial charge in [-0.25, -0.2) is 14.6 Å². The number of para-hydroxylation sites is 1. The number of carbonyl (C=O) groups is 4. The average Bonchev–Trinajstić information content (AvgIpc) is 3.34. The Bertz CT molecular complexity index is 2260. The molecule has 0 unspecified atom stereocenters. The Labute approximate surface area is 322 Å². The minimum absolute atomic E-state index is 0.246. The van der Waals surface area contributed by atoms with Gasteiger partial charge in [-0.05, 0) is 104 Å². The first-order chi connectivity index (χ1) is 26.0. The summed E-state index contributed by atoms with van der Waals surface area (Å²) in [5.41, 5.74) is 6.38. The van der Waals surface area contributed by atoms with Crippen molar-refractivity contribution in [3.05, 3.63) is 101 Å². The molecule has 1 aliphatic rings. The summed E-state index contributed by atoms with van der Waals surface area (Å²) in [6.45, 7) is 15.6. The van der Waals surface area contributed by atoms with Crippen molar-refractivity contribution >= 4 is 57.4 Å². The fourth-order valence-electron chi connectivity index (χ4n) is 6.81. The van der Waals surface area contributed by atoms with Crippen LogP contribution in [0.25, 0.3) is 27.8 Å². The van der Waals surface area contributed by atoms with Gasteiger partial charge in [0.15, 0.2) is 0 Å². The number of carbonyl (C=O) groups excluding carboxylic acids is 4. The van der Waals surface area contributed by atoms with Gasteiger partial charge in [0.25, 0.3) is 11.8 Å². The molecule has 4 aromatic carbocycles. The molecule has 1 aliphatic heterocycles. The number of unbranched alkanes of at least 4 members (excludes halogenated alkanes) is 3. The van der Waals surface area contributed by atoms with Crippen molar-refractivity contribution in [2.24, 2.45) is 0 Å². The Hall–Kier alpha value is -5.84. The highest BCUT2D eigenvalue weighted by molar-refractivity contribution is 6.21. The van der Waals surface area contributed by atoms with E-state index in [0.717, 1.165) is 51.7 Å². The number of benzene rings is 4. The van der Waals surface area contributed by atoms with E-state index in [0.29, 0.717) is 48.4 Å². The van der Waals surface area contributed by atoms with Crippen molar-refractivity contribution < 1.29 is 33.2 Å². The molecule has 4 amide bonds. The summed E-state index contributed by atoms with van der Waals surface area (Å²) in [6, 6.07) is 24.6. The average molecular weight is 745 g/mol. The van der Waals surface area contributed by atoms with E-state index < -0.39 is 23.4 Å². The van der Waals surface area contributed by atoms with Crippen LogP contribution in [0, 0.1) is 13.8 Å². The number of anilines is 2. The van der Waals surface area contributed by atoms with Crippen LogP contribution in [0.15, 0.2) is 78.9 Å². The maximum absolute atomic E-state index is 13.9. The zero-order valence-corrected chi connectivity index (χ0v) is 33.0. The first-order valence-electron chi connectivity index (χ1n) is 18.8. The van der Waals surface area contributed by atoms with E-state index in [4.69, 9.17) is 14.5 Å². The van der Waals surface area contributed by atoms with Crippen LogP contribution < -0.4 is 14.8 Å². The van der Waals surface area contributed by atoms with Crippen LogP contribution in [0.5, 0.6) is 0 Å². The number of aromatic nitrogens is 2. The highest BCUT2D eigenvalue weighted by Crippen LogP contribution is 2.31. The molecule has 0 bridgehead atoms. The number of fused-ring (bicyclic) bond motifs is 3. The molecule has 0 saturated carbocycles. The lowest BCUT2D eigenvalue weighted by atomic mass is 10.1. The molecule has 0 fully saturated rings. The lowest BCUT2D eigenvalue weighted by Crippen LogP contribution is -2.38. The van der Waals surface area contributed by atoms with E-state index in [1.807, 2.05) is 110 Å². The molecule has 11 heteroatoms. The van der Waals surface area contributed by atoms with E-state index in [9.17, 15) is 19.2 Å². The summed E-state index contributed by atoms with van der Waals surface area (Å²) >= 11 is 0. The molecule has 6 rings (SSSR count). The van der Waals surface area contributed by atoms with Crippen LogP contribution in [0.3, 0.4) is 0 Å². The van der Waals surface area contributed by atoms with E-state index in [-0.39, 0.29) is 11.8 Å². The van der Waals surface area contributed by atoms with Crippen LogP contribution in [0.2, 0.25) is 0 Å². The quantitative estimate of drug-likeness (QED) is 0.0655. The molecular weight excluding hydrogens is 695 g/mol. The molecule has 2 heterocycles. The first-order valence-corrected chi connectivity index (χ1v) is 18.8. The zero-order valence-electron chi connectivity index (χ0n) is 33.0. The molecule has 0 atom stereocenters. The van der Waals surface area contributed by atoms with Gasteiger partial charge in [0, 0.05) is 37.4 Å². The van der Waals surface area contributed by atoms with Crippen molar-refractivity contribution in [2.45, 2.75) is 92.3 Å². The first kappa shape index (κ1) is 38.9. The van der Waals surface area contributed by atoms with Crippen molar-refractivity contribution in [3.63, 3.8) is 0 Å². The predicted octanol–water partition coefficient (Wildman–Crippen LogP) is 9.23. The minimum Gasteiger partial charge on any atom is -0.444 e. The molecule has 0 radical (unpaired) electrons. The molecule has 0 saturated heterocycles. The Morgan fingerprint density at radius 1 is 0.727 bits per heavy atom. The van der Waals surface area contributed by atoms with E-state index in [1.165, 1.54) is 4.90 Å². The fraction of sp³-hybridized carbons (Fsp3) is 0.364. The van der Waals surface area contributed by atoms with Gasteiger partial charge in [0.1, 0.15) is 22.2 Å². The Morgan fingerprint density at radius 3 is 1.91 bits per heavy atom. The third-order valence-corrected chi connectivity index (χ3v) is 9.28. The summed E-state index contributed by atoms with van der Waals surface area (Å²) in [4.78, 5) is 60.5. The van der Waals surface area contributed by atoms with Gasteiger partial charge in [0.05, 0.1) is 22.5 Å². The number of nitrogens with one attached hydrogen (secondary N) is 1. The van der Waals surface area contributed by atoms with Crippen LogP contribution in [0.1, 0.15) is 99.1 Å². The number of nitrogens with zero attached hydrogens (tertiary/aromatic N) is 4. The maximum atomic E-state index is 13.9. The summed E-state index contributed by atoms with van der Waals surface area (Å²) in [5.74, 6) is -0.492. The standard InChI is InChI=1S/C44H49N5O6/c1-28-24-34-37(26-33(28)46-41(52)54-43(3,4)5)49(30-18-12-11-13-19-30)38-27-36(29(2)25-35(38)45-34)47(42(53)55-44(6,7)8)22-16-9-10-17-23-48-39(50)31-20-14-15-21-32(31)40(48)51/h11-15,18-21,24-27H,9-10,16-17,22-23H2,1-8H3/p+1. The molecule has 11 nitrogen and oxygen atoms in total. The van der Waals surface area contributed by atoms with Gasteiger partial charge >= 0.3 is 12.2 Å². The van der Waals surface area contributed by atoms with Gasteiger partial charge in [-0.2, -0.15) is 0 Å². The van der Waals surface area contributed by atoms with E-state index in [2.05, 4.69) is 9.88 Å². The third kappa shape index (κ3) is 8.77. The number of hydrogen-bond acceptors (Lipinski definition) is 7. The van der Waals surface area contributed by atoms with Crippen LogP contribution in [-0.4, -0.2) is 58.2 Å². The summed E-state index contributed by atoms with van der Waals surface area (Å²) in [6.07, 6.45) is 1.87. The lowest BCUT2D eigenvalue weighted by molar-refractivity contribution is -0.538. The summed E-state index contributed by atoms with van der Waals surface area (Å²) < 4.78 is 13.6. The molecule has 55 heavy (non-hydrogen) atoms. The predicted molar refractivity (Wildman–Crippen MR) is 214 cm³/mol. The van der Waals surface area contributed by atoms with Crippen LogP contribution >= 0.6 is 0 Å². The van der Waals surface area contributed by atoms with Gasteiger partial charge in [0.2, 0.25) is 16.7 Å².